The Morgan fingerprint density at radius 3 is 3.00 bits per heavy atom. The van der Waals surface area contributed by atoms with E-state index in [1.54, 1.807) is 17.5 Å². The van der Waals surface area contributed by atoms with Gasteiger partial charge in [0, 0.05) is 19.6 Å². The van der Waals surface area contributed by atoms with Crippen LogP contribution in [0.5, 0.6) is 0 Å². The van der Waals surface area contributed by atoms with Crippen LogP contribution in [0.3, 0.4) is 0 Å². The van der Waals surface area contributed by atoms with Crippen molar-refractivity contribution in [3.05, 3.63) is 17.5 Å². The molecule has 1 aliphatic rings. The van der Waals surface area contributed by atoms with E-state index < -0.39 is 15.2 Å². The lowest BCUT2D eigenvalue weighted by Crippen LogP contribution is -2.52. The summed E-state index contributed by atoms with van der Waals surface area (Å²) in [6.45, 7) is 2.14. The van der Waals surface area contributed by atoms with Gasteiger partial charge in [-0.3, -0.25) is 4.90 Å². The minimum Gasteiger partial charge on any atom is -0.313 e. The topological polar surface area (TPSA) is 49.4 Å². The number of rotatable bonds is 2. The lowest BCUT2D eigenvalue weighted by molar-refractivity contribution is 0.255. The fourth-order valence-corrected chi connectivity index (χ4v) is 4.62. The molecule has 1 aliphatic heterocycles. The van der Waals surface area contributed by atoms with Crippen LogP contribution < -0.4 is 5.32 Å². The Morgan fingerprint density at radius 2 is 2.40 bits per heavy atom. The van der Waals surface area contributed by atoms with Gasteiger partial charge in [0.2, 0.25) is 9.84 Å². The largest absolute Gasteiger partial charge is 0.313 e. The first-order chi connectivity index (χ1) is 7.12. The number of hydrogen-bond acceptors (Lipinski definition) is 5. The van der Waals surface area contributed by atoms with E-state index in [0.29, 0.717) is 10.8 Å². The minimum absolute atomic E-state index is 0.426. The molecular formula is C9H14N2O2S2. The number of piperazine rings is 1. The standard InChI is InChI=1S/C9H14N2O2S2/c1-11-5-4-10-7-8(11)15(12,13)9-3-2-6-14-9/h2-3,6,8,10H,4-5,7H2,1H3. The van der Waals surface area contributed by atoms with Gasteiger partial charge in [-0.15, -0.1) is 11.3 Å². The van der Waals surface area contributed by atoms with Crippen molar-refractivity contribution < 1.29 is 8.42 Å². The number of likely N-dealkylation sites (N-methyl/N-ethyl adjacent to an activating group) is 1. The summed E-state index contributed by atoms with van der Waals surface area (Å²) in [6, 6.07) is 3.44. The Morgan fingerprint density at radius 1 is 1.60 bits per heavy atom. The summed E-state index contributed by atoms with van der Waals surface area (Å²) in [7, 11) is -1.33. The highest BCUT2D eigenvalue weighted by Crippen LogP contribution is 2.23. The van der Waals surface area contributed by atoms with Crippen molar-refractivity contribution >= 4 is 21.2 Å². The zero-order chi connectivity index (χ0) is 10.9. The average Bonchev–Trinajstić information content (AvgIpc) is 2.71. The summed E-state index contributed by atoms with van der Waals surface area (Å²) in [5.74, 6) is 0. The van der Waals surface area contributed by atoms with Gasteiger partial charge < -0.3 is 5.32 Å². The zero-order valence-electron chi connectivity index (χ0n) is 8.51. The summed E-state index contributed by atoms with van der Waals surface area (Å²) in [5.41, 5.74) is 0. The molecule has 0 bridgehead atoms. The quantitative estimate of drug-likeness (QED) is 0.820. The normalized spacial score (nSPS) is 24.2. The molecule has 6 heteroatoms. The van der Waals surface area contributed by atoms with Crippen LogP contribution in [0, 0.1) is 0 Å². The van der Waals surface area contributed by atoms with Gasteiger partial charge in [-0.05, 0) is 18.5 Å². The number of nitrogens with zero attached hydrogens (tertiary/aromatic N) is 1. The molecule has 0 spiro atoms. The molecule has 84 valence electrons. The number of thiophene rings is 1. The van der Waals surface area contributed by atoms with E-state index in [9.17, 15) is 8.42 Å². The monoisotopic (exact) mass is 246 g/mol. The Bertz CT molecular complexity index is 413. The van der Waals surface area contributed by atoms with Crippen LogP contribution in [0.2, 0.25) is 0 Å². The Kier molecular flexibility index (Phi) is 3.11. The van der Waals surface area contributed by atoms with Crippen molar-refractivity contribution in [3.8, 4) is 0 Å². The highest BCUT2D eigenvalue weighted by molar-refractivity contribution is 7.94. The summed E-state index contributed by atoms with van der Waals surface area (Å²) in [6.07, 6.45) is 0. The van der Waals surface area contributed by atoms with Crippen molar-refractivity contribution in [1.29, 1.82) is 0 Å². The molecule has 1 atom stereocenters. The second kappa shape index (κ2) is 4.21. The molecule has 15 heavy (non-hydrogen) atoms. The molecule has 0 amide bonds. The lowest BCUT2D eigenvalue weighted by Gasteiger charge is -2.32. The fourth-order valence-electron chi connectivity index (χ4n) is 1.69. The fraction of sp³-hybridized carbons (Fsp3) is 0.556. The third kappa shape index (κ3) is 2.08. The van der Waals surface area contributed by atoms with Crippen molar-refractivity contribution in [2.75, 3.05) is 26.7 Å². The van der Waals surface area contributed by atoms with Gasteiger partial charge in [-0.25, -0.2) is 8.42 Å². The van der Waals surface area contributed by atoms with Crippen LogP contribution in [-0.2, 0) is 9.84 Å². The molecule has 2 rings (SSSR count). The summed E-state index contributed by atoms with van der Waals surface area (Å²) in [4.78, 5) is 1.89. The highest BCUT2D eigenvalue weighted by atomic mass is 32.2. The van der Waals surface area contributed by atoms with Crippen molar-refractivity contribution in [2.45, 2.75) is 9.58 Å². The van der Waals surface area contributed by atoms with Gasteiger partial charge in [0.25, 0.3) is 0 Å². The molecule has 0 aliphatic carbocycles. The first-order valence-corrected chi connectivity index (χ1v) is 7.23. The minimum atomic E-state index is -3.19. The van der Waals surface area contributed by atoms with Gasteiger partial charge in [0.05, 0.1) is 0 Å². The first-order valence-electron chi connectivity index (χ1n) is 4.81. The molecule has 1 saturated heterocycles. The second-order valence-electron chi connectivity index (χ2n) is 3.62. The number of nitrogens with one attached hydrogen (secondary N) is 1. The Balaban J connectivity index is 2.29. The number of sulfone groups is 1. The van der Waals surface area contributed by atoms with E-state index in [4.69, 9.17) is 0 Å². The first kappa shape index (κ1) is 11.1. The van der Waals surface area contributed by atoms with E-state index in [1.807, 2.05) is 11.9 Å². The van der Waals surface area contributed by atoms with Gasteiger partial charge in [0.15, 0.2) is 0 Å². The SMILES string of the molecule is CN1CCNCC1S(=O)(=O)c1cccs1. The summed E-state index contributed by atoms with van der Waals surface area (Å²) >= 11 is 1.28. The van der Waals surface area contributed by atoms with Crippen LogP contribution in [0.25, 0.3) is 0 Å². The highest BCUT2D eigenvalue weighted by Gasteiger charge is 2.33. The molecule has 4 nitrogen and oxygen atoms in total. The predicted octanol–water partition coefficient (Wildman–Crippen LogP) is 0.383. The van der Waals surface area contributed by atoms with Gasteiger partial charge in [0.1, 0.15) is 9.58 Å². The molecule has 0 aromatic carbocycles. The van der Waals surface area contributed by atoms with Crippen LogP contribution in [0.1, 0.15) is 0 Å². The van der Waals surface area contributed by atoms with Crippen LogP contribution in [-0.4, -0.2) is 45.4 Å². The van der Waals surface area contributed by atoms with Crippen LogP contribution in [0.4, 0.5) is 0 Å². The van der Waals surface area contributed by atoms with Crippen molar-refractivity contribution in [2.24, 2.45) is 0 Å². The molecule has 1 fully saturated rings. The second-order valence-corrected chi connectivity index (χ2v) is 6.90. The van der Waals surface area contributed by atoms with Crippen LogP contribution >= 0.6 is 11.3 Å². The summed E-state index contributed by atoms with van der Waals surface area (Å²) in [5, 5.41) is 4.49. The molecule has 1 aromatic heterocycles. The smallest absolute Gasteiger partial charge is 0.205 e. The molecule has 1 aromatic rings. The maximum absolute atomic E-state index is 12.2. The van der Waals surface area contributed by atoms with E-state index in [1.165, 1.54) is 11.3 Å². The maximum atomic E-state index is 12.2. The molecule has 0 saturated carbocycles. The Labute approximate surface area is 93.8 Å². The Hall–Kier alpha value is -0.430. The average molecular weight is 246 g/mol. The van der Waals surface area contributed by atoms with Crippen molar-refractivity contribution in [1.82, 2.24) is 10.2 Å². The number of hydrogen-bond donors (Lipinski definition) is 1. The molecule has 0 radical (unpaired) electrons. The maximum Gasteiger partial charge on any atom is 0.205 e. The van der Waals surface area contributed by atoms with Gasteiger partial charge in [-0.1, -0.05) is 6.07 Å². The summed E-state index contributed by atoms with van der Waals surface area (Å²) < 4.78 is 24.8. The van der Waals surface area contributed by atoms with E-state index >= 15 is 0 Å². The third-order valence-electron chi connectivity index (χ3n) is 2.59. The van der Waals surface area contributed by atoms with E-state index in [-0.39, 0.29) is 0 Å². The van der Waals surface area contributed by atoms with Crippen LogP contribution in [0.15, 0.2) is 21.7 Å². The molecule has 1 unspecified atom stereocenters. The molecule has 2 heterocycles. The lowest BCUT2D eigenvalue weighted by atomic mass is 10.4. The van der Waals surface area contributed by atoms with Gasteiger partial charge in [-0.2, -0.15) is 0 Å². The molecule has 1 N–H and O–H groups in total. The predicted molar refractivity (Wildman–Crippen MR) is 60.8 cm³/mol. The van der Waals surface area contributed by atoms with E-state index in [2.05, 4.69) is 5.32 Å². The third-order valence-corrected chi connectivity index (χ3v) is 6.17. The van der Waals surface area contributed by atoms with E-state index in [0.717, 1.165) is 13.1 Å². The van der Waals surface area contributed by atoms with Crippen molar-refractivity contribution in [3.63, 3.8) is 0 Å². The molecular weight excluding hydrogens is 232 g/mol. The zero-order valence-corrected chi connectivity index (χ0v) is 10.1. The van der Waals surface area contributed by atoms with Gasteiger partial charge >= 0.3 is 0 Å².